The van der Waals surface area contributed by atoms with Crippen LogP contribution in [0.2, 0.25) is 0 Å². The monoisotopic (exact) mass is 246 g/mol. The number of aromatic nitrogens is 1. The Kier molecular flexibility index (Phi) is 5.36. The van der Waals surface area contributed by atoms with Gasteiger partial charge in [-0.2, -0.15) is 5.26 Å². The Morgan fingerprint density at radius 2 is 2.11 bits per heavy atom. The fourth-order valence-corrected chi connectivity index (χ4v) is 1.66. The third kappa shape index (κ3) is 3.11. The van der Waals surface area contributed by atoms with Crippen LogP contribution in [0.5, 0.6) is 0 Å². The van der Waals surface area contributed by atoms with E-state index in [9.17, 15) is 5.11 Å². The zero-order valence-electron chi connectivity index (χ0n) is 10.4. The van der Waals surface area contributed by atoms with E-state index in [1.165, 1.54) is 6.08 Å². The van der Waals surface area contributed by atoms with Crippen molar-refractivity contribution in [3.63, 3.8) is 0 Å². The molecule has 2 aromatic rings. The predicted molar refractivity (Wildman–Crippen MR) is 64.5 cm³/mol. The minimum absolute atomic E-state index is 0. The van der Waals surface area contributed by atoms with Crippen molar-refractivity contribution in [3.05, 3.63) is 48.3 Å². The van der Waals surface area contributed by atoms with Crippen LogP contribution in [0, 0.1) is 17.2 Å². The molecule has 0 amide bonds. The van der Waals surface area contributed by atoms with E-state index in [4.69, 9.17) is 5.26 Å². The van der Waals surface area contributed by atoms with Crippen molar-refractivity contribution in [2.45, 2.75) is 6.92 Å². The molecule has 1 atom stereocenters. The fraction of sp³-hybridized carbons (Fsp3) is 0.143. The van der Waals surface area contributed by atoms with E-state index in [1.807, 2.05) is 36.4 Å². The molecule has 4 heteroatoms. The van der Waals surface area contributed by atoms with Gasteiger partial charge in [0.05, 0.1) is 17.7 Å². The topological polar surface area (TPSA) is 59.7 Å². The molecule has 0 aliphatic heterocycles. The van der Waals surface area contributed by atoms with Gasteiger partial charge in [0.15, 0.2) is 0 Å². The Bertz CT molecular complexity index is 611. The molecule has 84 valence electrons. The molecule has 0 aliphatic carbocycles. The summed E-state index contributed by atoms with van der Waals surface area (Å²) in [5.41, 5.74) is 0.408. The first-order chi connectivity index (χ1) is 8.22. The second-order valence-electron chi connectivity index (χ2n) is 3.83. The molecule has 0 saturated heterocycles. The third-order valence-electron chi connectivity index (χ3n) is 2.51. The Morgan fingerprint density at radius 3 is 2.83 bits per heavy atom. The maximum atomic E-state index is 12.0. The van der Waals surface area contributed by atoms with Crippen molar-refractivity contribution >= 4 is 16.5 Å². The molecule has 0 N–H and O–H groups in total. The van der Waals surface area contributed by atoms with E-state index in [0.717, 1.165) is 10.8 Å². The van der Waals surface area contributed by atoms with E-state index in [1.54, 1.807) is 13.1 Å². The van der Waals surface area contributed by atoms with Crippen LogP contribution in [0.3, 0.4) is 0 Å². The number of benzene rings is 1. The van der Waals surface area contributed by atoms with Gasteiger partial charge in [-0.1, -0.05) is 36.1 Å². The van der Waals surface area contributed by atoms with Crippen LogP contribution in [0.25, 0.3) is 16.5 Å². The Morgan fingerprint density at radius 1 is 1.39 bits per heavy atom. The fourth-order valence-electron chi connectivity index (χ4n) is 1.66. The zero-order chi connectivity index (χ0) is 12.3. The summed E-state index contributed by atoms with van der Waals surface area (Å²) in [6.45, 7) is 1.68. The van der Waals surface area contributed by atoms with Crippen LogP contribution in [-0.4, -0.2) is 4.98 Å². The summed E-state index contributed by atoms with van der Waals surface area (Å²) in [5.74, 6) is -0.598. The van der Waals surface area contributed by atoms with Gasteiger partial charge in [-0.15, -0.1) is 0 Å². The van der Waals surface area contributed by atoms with Crippen molar-refractivity contribution in [1.29, 1.82) is 5.26 Å². The zero-order valence-corrected chi connectivity index (χ0v) is 12.4. The van der Waals surface area contributed by atoms with E-state index < -0.39 is 5.92 Å². The molecule has 1 unspecified atom stereocenters. The maximum Gasteiger partial charge on any atom is 1.00 e. The Balaban J connectivity index is 0.00000162. The molecule has 0 saturated carbocycles. The van der Waals surface area contributed by atoms with Gasteiger partial charge in [0.1, 0.15) is 0 Å². The maximum absolute atomic E-state index is 12.0. The number of hydrogen-bond donors (Lipinski definition) is 0. The molecule has 0 radical (unpaired) electrons. The number of nitrogens with zero attached hydrogens (tertiary/aromatic N) is 2. The quantitative estimate of drug-likeness (QED) is 0.509. The smallest absolute Gasteiger partial charge is 0.871 e. The Labute approximate surface area is 128 Å². The molecule has 0 aliphatic rings. The first-order valence-corrected chi connectivity index (χ1v) is 5.35. The number of hydrogen-bond acceptors (Lipinski definition) is 3. The molecule has 1 aromatic carbocycles. The number of allylic oxidation sites excluding steroid dienone is 1. The van der Waals surface area contributed by atoms with Gasteiger partial charge in [0.25, 0.3) is 0 Å². The molecule has 0 bridgehead atoms. The van der Waals surface area contributed by atoms with Crippen molar-refractivity contribution in [2.24, 2.45) is 5.92 Å². The second-order valence-corrected chi connectivity index (χ2v) is 3.83. The van der Waals surface area contributed by atoms with Crippen LogP contribution in [0.4, 0.5) is 0 Å². The van der Waals surface area contributed by atoms with Crippen LogP contribution < -0.4 is 34.7 Å². The summed E-state index contributed by atoms with van der Waals surface area (Å²) in [7, 11) is 0. The average molecular weight is 246 g/mol. The molecule has 3 nitrogen and oxygen atoms in total. The average Bonchev–Trinajstić information content (AvgIpc) is 2.37. The van der Waals surface area contributed by atoms with Crippen molar-refractivity contribution in [2.75, 3.05) is 0 Å². The summed E-state index contributed by atoms with van der Waals surface area (Å²) in [6, 6.07) is 11.4. The van der Waals surface area contributed by atoms with Crippen molar-refractivity contribution < 1.29 is 34.7 Å². The molecule has 18 heavy (non-hydrogen) atoms. The molecule has 0 spiro atoms. The van der Waals surface area contributed by atoms with Gasteiger partial charge >= 0.3 is 29.6 Å². The molecule has 1 heterocycles. The Hall–Kier alpha value is -1.34. The normalized spacial score (nSPS) is 12.6. The number of pyridine rings is 1. The molecule has 2 rings (SSSR count). The van der Waals surface area contributed by atoms with Crippen molar-refractivity contribution in [1.82, 2.24) is 4.98 Å². The summed E-state index contributed by atoms with van der Waals surface area (Å²) >= 11 is 0. The number of fused-ring (bicyclic) bond motifs is 1. The molecule has 0 fully saturated rings. The molecular formula is C14H11N2NaO. The van der Waals surface area contributed by atoms with E-state index in [0.29, 0.717) is 5.69 Å². The van der Waals surface area contributed by atoms with Crippen LogP contribution in [-0.2, 0) is 0 Å². The summed E-state index contributed by atoms with van der Waals surface area (Å²) in [5, 5.41) is 22.4. The second kappa shape index (κ2) is 6.55. The minimum Gasteiger partial charge on any atom is -0.871 e. The summed E-state index contributed by atoms with van der Waals surface area (Å²) in [6.07, 6.45) is 3.01. The minimum atomic E-state index is -0.400. The van der Waals surface area contributed by atoms with Crippen molar-refractivity contribution in [3.8, 4) is 6.07 Å². The van der Waals surface area contributed by atoms with Gasteiger partial charge in [-0.05, 0) is 18.4 Å². The molecular weight excluding hydrogens is 235 g/mol. The first kappa shape index (κ1) is 14.7. The molecule has 1 aromatic heterocycles. The predicted octanol–water partition coefficient (Wildman–Crippen LogP) is -0.900. The van der Waals surface area contributed by atoms with Gasteiger partial charge in [-0.3, -0.25) is 4.98 Å². The summed E-state index contributed by atoms with van der Waals surface area (Å²) in [4.78, 5) is 4.10. The largest absolute Gasteiger partial charge is 1.00 e. The van der Waals surface area contributed by atoms with Crippen LogP contribution >= 0.6 is 0 Å². The number of rotatable bonds is 2. The first-order valence-electron chi connectivity index (χ1n) is 5.35. The van der Waals surface area contributed by atoms with E-state index in [2.05, 4.69) is 4.98 Å². The van der Waals surface area contributed by atoms with Crippen LogP contribution in [0.1, 0.15) is 12.6 Å². The SMILES string of the molecule is CC(C#N)C=C([O-])c1nccc2ccccc12.[Na+]. The van der Waals surface area contributed by atoms with Crippen LogP contribution in [0.15, 0.2) is 42.6 Å². The van der Waals surface area contributed by atoms with Gasteiger partial charge in [0.2, 0.25) is 0 Å². The number of nitriles is 1. The van der Waals surface area contributed by atoms with Gasteiger partial charge in [0, 0.05) is 11.6 Å². The van der Waals surface area contributed by atoms with Gasteiger partial charge < -0.3 is 5.11 Å². The van der Waals surface area contributed by atoms with E-state index >= 15 is 0 Å². The standard InChI is InChI=1S/C14H12N2O.Na/c1-10(9-15)8-13(17)14-12-5-3-2-4-11(12)6-7-16-14;/h2-8,10,17H,1H3;/q;+1/p-1. The van der Waals surface area contributed by atoms with E-state index in [-0.39, 0.29) is 35.3 Å². The third-order valence-corrected chi connectivity index (χ3v) is 2.51. The van der Waals surface area contributed by atoms with Gasteiger partial charge in [-0.25, -0.2) is 0 Å². The summed E-state index contributed by atoms with van der Waals surface area (Å²) < 4.78 is 0.